The van der Waals surface area contributed by atoms with Crippen LogP contribution in [0.25, 0.3) is 11.0 Å². The molecule has 2 N–H and O–H groups in total. The van der Waals surface area contributed by atoms with Gasteiger partial charge in [0.2, 0.25) is 0 Å². The van der Waals surface area contributed by atoms with Crippen LogP contribution in [0.4, 0.5) is 0 Å². The molecule has 0 saturated carbocycles. The normalized spacial score (nSPS) is 11.2. The lowest BCUT2D eigenvalue weighted by atomic mass is 10.3. The summed E-state index contributed by atoms with van der Waals surface area (Å²) in [5, 5.41) is 0. The van der Waals surface area contributed by atoms with E-state index in [1.165, 1.54) is 16.9 Å². The van der Waals surface area contributed by atoms with Crippen LogP contribution in [0.1, 0.15) is 12.7 Å². The number of nitrogens with zero attached hydrogens (tertiary/aromatic N) is 2. The van der Waals surface area contributed by atoms with Gasteiger partial charge in [-0.1, -0.05) is 0 Å². The minimum Gasteiger partial charge on any atom is -0.497 e. The third kappa shape index (κ3) is 2.58. The zero-order valence-corrected chi connectivity index (χ0v) is 12.7. The monoisotopic (exact) mass is 280 g/mol. The van der Waals surface area contributed by atoms with E-state index in [1.54, 1.807) is 7.11 Å². The van der Waals surface area contributed by atoms with Crippen LogP contribution in [0.2, 0.25) is 0 Å². The highest BCUT2D eigenvalue weighted by Gasteiger charge is 2.22. The first-order valence-corrected chi connectivity index (χ1v) is 7.94. The fourth-order valence-corrected chi connectivity index (χ4v) is 2.87. The Morgan fingerprint density at radius 1 is 1.42 bits per heavy atom. The molecule has 2 rings (SSSR count). The van der Waals surface area contributed by atoms with Gasteiger partial charge in [-0.25, -0.2) is 9.13 Å². The van der Waals surface area contributed by atoms with Crippen LogP contribution in [0.15, 0.2) is 18.2 Å². The molecular formula is C14H22N3OS+. The SMILES string of the molecule is CCn1c(CN)[n+](CCSC)c2ccc(OC)cc21. The molecule has 0 unspecified atom stereocenters. The number of methoxy groups -OCH3 is 1. The molecule has 4 nitrogen and oxygen atoms in total. The molecular weight excluding hydrogens is 258 g/mol. The van der Waals surface area contributed by atoms with Crippen molar-refractivity contribution < 1.29 is 9.30 Å². The summed E-state index contributed by atoms with van der Waals surface area (Å²) in [5.74, 6) is 3.16. The van der Waals surface area contributed by atoms with Gasteiger partial charge in [-0.2, -0.15) is 11.8 Å². The van der Waals surface area contributed by atoms with Crippen LogP contribution in [-0.2, 0) is 19.6 Å². The Bertz CT molecular complexity index is 565. The molecule has 1 aromatic carbocycles. The molecule has 1 aromatic heterocycles. The van der Waals surface area contributed by atoms with Crippen molar-refractivity contribution in [1.82, 2.24) is 4.57 Å². The molecule has 0 aliphatic carbocycles. The second-order valence-electron chi connectivity index (χ2n) is 4.36. The van der Waals surface area contributed by atoms with Gasteiger partial charge in [0.15, 0.2) is 11.0 Å². The van der Waals surface area contributed by atoms with E-state index < -0.39 is 0 Å². The second kappa shape index (κ2) is 6.30. The predicted molar refractivity (Wildman–Crippen MR) is 80.6 cm³/mol. The quantitative estimate of drug-likeness (QED) is 0.820. The lowest BCUT2D eigenvalue weighted by molar-refractivity contribution is -0.675. The summed E-state index contributed by atoms with van der Waals surface area (Å²) < 4.78 is 9.93. The molecule has 0 fully saturated rings. The van der Waals surface area contributed by atoms with E-state index in [0.29, 0.717) is 6.54 Å². The smallest absolute Gasteiger partial charge is 0.271 e. The highest BCUT2D eigenvalue weighted by Crippen LogP contribution is 2.21. The van der Waals surface area contributed by atoms with Crippen molar-refractivity contribution in [3.05, 3.63) is 24.0 Å². The molecule has 19 heavy (non-hydrogen) atoms. The fourth-order valence-electron chi connectivity index (χ4n) is 2.50. The van der Waals surface area contributed by atoms with E-state index in [0.717, 1.165) is 24.6 Å². The zero-order valence-electron chi connectivity index (χ0n) is 11.8. The number of ether oxygens (including phenoxy) is 1. The van der Waals surface area contributed by atoms with Crippen LogP contribution in [0.5, 0.6) is 5.75 Å². The van der Waals surface area contributed by atoms with Crippen molar-refractivity contribution in [2.45, 2.75) is 26.6 Å². The van der Waals surface area contributed by atoms with Gasteiger partial charge in [0.25, 0.3) is 5.82 Å². The summed E-state index contributed by atoms with van der Waals surface area (Å²) >= 11 is 1.85. The Morgan fingerprint density at radius 3 is 2.79 bits per heavy atom. The fraction of sp³-hybridized carbons (Fsp3) is 0.500. The van der Waals surface area contributed by atoms with Crippen molar-refractivity contribution in [1.29, 1.82) is 0 Å². The first-order chi connectivity index (χ1) is 9.26. The lowest BCUT2D eigenvalue weighted by Gasteiger charge is -2.01. The van der Waals surface area contributed by atoms with Gasteiger partial charge in [-0.3, -0.25) is 0 Å². The van der Waals surface area contributed by atoms with Crippen molar-refractivity contribution >= 4 is 22.8 Å². The van der Waals surface area contributed by atoms with E-state index in [2.05, 4.69) is 34.4 Å². The van der Waals surface area contributed by atoms with Crippen LogP contribution < -0.4 is 15.0 Å². The Morgan fingerprint density at radius 2 is 2.21 bits per heavy atom. The van der Waals surface area contributed by atoms with Gasteiger partial charge < -0.3 is 10.5 Å². The summed E-state index contributed by atoms with van der Waals surface area (Å²) in [5.41, 5.74) is 8.38. The third-order valence-electron chi connectivity index (χ3n) is 3.41. The molecule has 0 bridgehead atoms. The minimum absolute atomic E-state index is 0.555. The van der Waals surface area contributed by atoms with Crippen LogP contribution in [-0.4, -0.2) is 23.7 Å². The standard InChI is InChI=1S/C14H22N3OS/c1-4-16-13-9-11(18-2)5-6-12(13)17(7-8-19-3)14(16)10-15/h5-6,9H,4,7-8,10,15H2,1-3H3/q+1. The van der Waals surface area contributed by atoms with Crippen molar-refractivity contribution in [3.8, 4) is 5.75 Å². The number of imidazole rings is 1. The van der Waals surface area contributed by atoms with E-state index in [4.69, 9.17) is 10.5 Å². The van der Waals surface area contributed by atoms with E-state index >= 15 is 0 Å². The largest absolute Gasteiger partial charge is 0.497 e. The Hall–Kier alpha value is -1.20. The van der Waals surface area contributed by atoms with Gasteiger partial charge in [0.1, 0.15) is 5.75 Å². The van der Waals surface area contributed by atoms with Crippen molar-refractivity contribution in [2.24, 2.45) is 5.73 Å². The number of nitrogens with two attached hydrogens (primary N) is 1. The maximum absolute atomic E-state index is 5.95. The predicted octanol–water partition coefficient (Wildman–Crippen LogP) is 1.78. The molecule has 2 aromatic rings. The first-order valence-electron chi connectivity index (χ1n) is 6.54. The number of aromatic nitrogens is 2. The molecule has 0 atom stereocenters. The number of hydrogen-bond donors (Lipinski definition) is 1. The molecule has 0 aliphatic rings. The average molecular weight is 280 g/mol. The zero-order chi connectivity index (χ0) is 13.8. The average Bonchev–Trinajstić information content (AvgIpc) is 2.76. The Kier molecular flexibility index (Phi) is 4.71. The molecule has 0 saturated heterocycles. The van der Waals surface area contributed by atoms with Crippen molar-refractivity contribution in [2.75, 3.05) is 19.1 Å². The topological polar surface area (TPSA) is 44.1 Å². The van der Waals surface area contributed by atoms with Gasteiger partial charge in [-0.05, 0) is 25.3 Å². The molecule has 0 spiro atoms. The summed E-state index contributed by atoms with van der Waals surface area (Å²) in [7, 11) is 1.70. The second-order valence-corrected chi connectivity index (χ2v) is 5.35. The highest BCUT2D eigenvalue weighted by atomic mass is 32.2. The van der Waals surface area contributed by atoms with Crippen LogP contribution >= 0.6 is 11.8 Å². The number of thioether (sulfide) groups is 1. The minimum atomic E-state index is 0.555. The van der Waals surface area contributed by atoms with E-state index in [9.17, 15) is 0 Å². The van der Waals surface area contributed by atoms with Crippen LogP contribution in [0, 0.1) is 0 Å². The van der Waals surface area contributed by atoms with Gasteiger partial charge >= 0.3 is 0 Å². The summed E-state index contributed by atoms with van der Waals surface area (Å²) in [4.78, 5) is 0. The number of aryl methyl sites for hydroxylation is 2. The lowest BCUT2D eigenvalue weighted by Crippen LogP contribution is -2.40. The molecule has 1 heterocycles. The summed E-state index contributed by atoms with van der Waals surface area (Å²) in [6, 6.07) is 6.23. The first kappa shape index (κ1) is 14.2. The number of rotatable bonds is 6. The number of fused-ring (bicyclic) bond motifs is 1. The molecule has 104 valence electrons. The maximum Gasteiger partial charge on any atom is 0.271 e. The van der Waals surface area contributed by atoms with Gasteiger partial charge in [-0.15, -0.1) is 0 Å². The number of hydrogen-bond acceptors (Lipinski definition) is 3. The summed E-state index contributed by atoms with van der Waals surface area (Å²) in [6.45, 7) is 4.61. The summed E-state index contributed by atoms with van der Waals surface area (Å²) in [6.07, 6.45) is 2.13. The van der Waals surface area contributed by atoms with Gasteiger partial charge in [0.05, 0.1) is 26.7 Å². The molecule has 0 aliphatic heterocycles. The van der Waals surface area contributed by atoms with Crippen LogP contribution in [0.3, 0.4) is 0 Å². The van der Waals surface area contributed by atoms with Crippen molar-refractivity contribution in [3.63, 3.8) is 0 Å². The molecule has 0 amide bonds. The maximum atomic E-state index is 5.95. The molecule has 5 heteroatoms. The number of benzene rings is 1. The van der Waals surface area contributed by atoms with E-state index in [1.807, 2.05) is 17.8 Å². The molecule has 0 radical (unpaired) electrons. The Balaban J connectivity index is 2.64. The highest BCUT2D eigenvalue weighted by molar-refractivity contribution is 7.98. The third-order valence-corrected chi connectivity index (χ3v) is 4.00. The van der Waals surface area contributed by atoms with Gasteiger partial charge in [0, 0.05) is 11.8 Å². The Labute approximate surface area is 118 Å². The van der Waals surface area contributed by atoms with E-state index in [-0.39, 0.29) is 0 Å².